The van der Waals surface area contributed by atoms with Gasteiger partial charge in [0.25, 0.3) is 0 Å². The molecule has 0 radical (unpaired) electrons. The molecule has 0 aromatic heterocycles. The van der Waals surface area contributed by atoms with Crippen molar-refractivity contribution in [1.29, 1.82) is 0 Å². The highest BCUT2D eigenvalue weighted by molar-refractivity contribution is 7.83. The number of rotatable bonds is 6. The standard InChI is InChI=1S/C64H61N10OP3/c1-50-38-40-62-53(42-50)45-74(75)44-52-24-22-23-37-61(52)65-68-71-76(55-25-10-4-11-26-55,56-27-12-5-13-28-56)47-64(3,48-77(72-69-66-62,57-29-14-6-15-30-57)58-31-16-7-17-32-58)49-78(59-33-18-8-19-34-59,60-35-20-9-21-36-60)73-70-67-63-41-39-51(2)43-54(63)46-74/h4-43H,44-49H2,1-3H3. The zero-order valence-corrected chi connectivity index (χ0v) is 46.7. The molecule has 9 aromatic rings. The third kappa shape index (κ3) is 11.1. The van der Waals surface area contributed by atoms with Crippen molar-refractivity contribution in [3.63, 3.8) is 0 Å². The molecule has 3 aliphatic rings. The molecule has 388 valence electrons. The van der Waals surface area contributed by atoms with Crippen LogP contribution in [0.2, 0.25) is 0 Å². The van der Waals surface area contributed by atoms with Crippen LogP contribution < -0.4 is 31.8 Å². The van der Waals surface area contributed by atoms with E-state index in [9.17, 15) is 0 Å². The minimum absolute atomic E-state index is 0.0437. The van der Waals surface area contributed by atoms with E-state index in [1.807, 2.05) is 62.4 Å². The van der Waals surface area contributed by atoms with Gasteiger partial charge in [0.05, 0.1) is 38.2 Å². The van der Waals surface area contributed by atoms with Crippen LogP contribution in [0.15, 0.2) is 288 Å². The molecule has 0 amide bonds. The summed E-state index contributed by atoms with van der Waals surface area (Å²) in [4.78, 5) is 17.1. The number of quaternary nitrogens is 1. The lowest BCUT2D eigenvalue weighted by Gasteiger charge is -2.44. The molecule has 0 saturated carbocycles. The summed E-state index contributed by atoms with van der Waals surface area (Å²) < 4.78 is -0.727. The molecule has 3 aliphatic heterocycles. The van der Waals surface area contributed by atoms with E-state index in [0.717, 1.165) is 59.6 Å². The Morgan fingerprint density at radius 3 is 0.936 bits per heavy atom. The minimum atomic E-state index is -3.05. The molecule has 12 rings (SSSR count). The lowest BCUT2D eigenvalue weighted by molar-refractivity contribution is -0.920. The van der Waals surface area contributed by atoms with E-state index in [-0.39, 0.29) is 19.6 Å². The van der Waals surface area contributed by atoms with Crippen molar-refractivity contribution in [3.8, 4) is 0 Å². The smallest absolute Gasteiger partial charge is 0.107 e. The van der Waals surface area contributed by atoms with Crippen molar-refractivity contribution in [2.75, 3.05) is 18.5 Å². The number of hydrogen-bond donors (Lipinski definition) is 0. The van der Waals surface area contributed by atoms with Crippen molar-refractivity contribution in [1.82, 2.24) is 0 Å². The summed E-state index contributed by atoms with van der Waals surface area (Å²) in [6.07, 6.45) is 1.55. The van der Waals surface area contributed by atoms with E-state index in [0.29, 0.717) is 35.5 Å². The van der Waals surface area contributed by atoms with Crippen LogP contribution in [0.25, 0.3) is 0 Å². The fourth-order valence-electron chi connectivity index (χ4n) is 11.4. The molecule has 2 bridgehead atoms. The second kappa shape index (κ2) is 22.8. The first-order valence-corrected chi connectivity index (χ1v) is 32.1. The van der Waals surface area contributed by atoms with Gasteiger partial charge in [-0.05, 0) is 116 Å². The Kier molecular flexibility index (Phi) is 15.3. The van der Waals surface area contributed by atoms with Gasteiger partial charge < -0.3 is 9.85 Å². The highest BCUT2D eigenvalue weighted by Crippen LogP contribution is 2.63. The van der Waals surface area contributed by atoms with Gasteiger partial charge in [0.15, 0.2) is 0 Å². The van der Waals surface area contributed by atoms with Crippen LogP contribution in [0.1, 0.15) is 34.7 Å². The third-order valence-electron chi connectivity index (χ3n) is 14.8. The van der Waals surface area contributed by atoms with Gasteiger partial charge in [-0.3, -0.25) is 0 Å². The van der Waals surface area contributed by atoms with Crippen LogP contribution in [-0.4, -0.2) is 23.1 Å². The highest BCUT2D eigenvalue weighted by Gasteiger charge is 2.46. The number of nitrogens with zero attached hydrogens (tertiary/aromatic N) is 10. The predicted octanol–water partition coefficient (Wildman–Crippen LogP) is 16.1. The number of aryl methyl sites for hydroxylation is 2. The van der Waals surface area contributed by atoms with E-state index < -0.39 is 31.2 Å². The molecule has 0 fully saturated rings. The third-order valence-corrected chi connectivity index (χ3v) is 26.5. The summed E-state index contributed by atoms with van der Waals surface area (Å²) in [5.74, 6) is 0. The topological polar surface area (TPSA) is 134 Å². The number of hydroxylamine groups is 3. The maximum absolute atomic E-state index is 16.5. The maximum atomic E-state index is 16.5. The first-order valence-electron chi connectivity index (χ1n) is 26.3. The average molecular weight is 1080 g/mol. The molecule has 0 atom stereocenters. The van der Waals surface area contributed by atoms with Crippen LogP contribution in [-0.2, 0) is 19.6 Å². The molecular formula is C64H61N10OP3. The Hall–Kier alpha value is -7.61. The molecule has 0 N–H and O–H groups in total. The Morgan fingerprint density at radius 2 is 0.615 bits per heavy atom. The van der Waals surface area contributed by atoms with Crippen LogP contribution in [0.5, 0.6) is 0 Å². The molecule has 3 heterocycles. The second-order valence-electron chi connectivity index (χ2n) is 20.9. The molecule has 9 aromatic carbocycles. The monoisotopic (exact) mass is 1080 g/mol. The van der Waals surface area contributed by atoms with Crippen LogP contribution in [0, 0.1) is 24.5 Å². The van der Waals surface area contributed by atoms with Crippen molar-refractivity contribution in [2.45, 2.75) is 40.4 Å². The predicted molar refractivity (Wildman–Crippen MR) is 324 cm³/mol. The van der Waals surface area contributed by atoms with Gasteiger partial charge in [-0.15, -0.1) is 29.9 Å². The Labute approximate surface area is 457 Å². The van der Waals surface area contributed by atoms with Crippen LogP contribution in [0.3, 0.4) is 0 Å². The zero-order valence-electron chi connectivity index (χ0n) is 44.1. The fourth-order valence-corrected chi connectivity index (χ4v) is 23.2. The largest absolute Gasteiger partial charge is 0.632 e. The SMILES string of the molecule is Cc1ccc2c(c1)C[N+]1([O-])Cc3ccccc3N=NN=P(c3ccccc3)(c3ccccc3)CC(C)(CP(c3ccccc3)(c3ccccc3)=NN=N2)CP(c2ccccc2)(c2ccccc2)=NN=Nc2ccc(C)cc2C1. The van der Waals surface area contributed by atoms with Gasteiger partial charge in [0.2, 0.25) is 0 Å². The van der Waals surface area contributed by atoms with E-state index in [1.165, 1.54) is 0 Å². The summed E-state index contributed by atoms with van der Waals surface area (Å²) in [6, 6.07) is 83.7. The summed E-state index contributed by atoms with van der Waals surface area (Å²) in [6.45, 7) is 6.62. The summed E-state index contributed by atoms with van der Waals surface area (Å²) >= 11 is 0. The summed E-state index contributed by atoms with van der Waals surface area (Å²) in [5.41, 5.74) is 5.23. The molecule has 0 saturated heterocycles. The van der Waals surface area contributed by atoms with Gasteiger partial charge in [0, 0.05) is 16.7 Å². The summed E-state index contributed by atoms with van der Waals surface area (Å²) in [7, 11) is -9.16. The molecule has 11 nitrogen and oxygen atoms in total. The fraction of sp³-hybridized carbons (Fsp3) is 0.156. The van der Waals surface area contributed by atoms with E-state index in [2.05, 4.69) is 201 Å². The van der Waals surface area contributed by atoms with E-state index >= 15 is 5.21 Å². The lowest BCUT2D eigenvalue weighted by Crippen LogP contribution is -2.40. The Bertz CT molecular complexity index is 3540. The van der Waals surface area contributed by atoms with Crippen molar-refractivity contribution in [3.05, 3.63) is 276 Å². The van der Waals surface area contributed by atoms with Crippen molar-refractivity contribution >= 4 is 70.1 Å². The van der Waals surface area contributed by atoms with Gasteiger partial charge in [-0.1, -0.05) is 230 Å². The van der Waals surface area contributed by atoms with E-state index in [4.69, 9.17) is 45.6 Å². The van der Waals surface area contributed by atoms with Crippen LogP contribution in [0.4, 0.5) is 17.1 Å². The molecule has 0 unspecified atom stereocenters. The first kappa shape index (κ1) is 52.4. The minimum Gasteiger partial charge on any atom is -0.632 e. The normalized spacial score (nSPS) is 19.8. The zero-order chi connectivity index (χ0) is 53.5. The molecular weight excluding hydrogens is 1020 g/mol. The van der Waals surface area contributed by atoms with E-state index in [1.54, 1.807) is 0 Å². The number of hydrogen-bond acceptors (Lipinski definition) is 10. The maximum Gasteiger partial charge on any atom is 0.107 e. The van der Waals surface area contributed by atoms with Gasteiger partial charge in [0.1, 0.15) is 19.6 Å². The van der Waals surface area contributed by atoms with Crippen molar-refractivity contribution < 1.29 is 4.65 Å². The molecule has 0 aliphatic carbocycles. The average Bonchev–Trinajstić information content (AvgIpc) is 3.54. The highest BCUT2D eigenvalue weighted by atomic mass is 31.2. The quantitative estimate of drug-likeness (QED) is 0.0915. The first-order chi connectivity index (χ1) is 38.1. The lowest BCUT2D eigenvalue weighted by atomic mass is 9.99. The van der Waals surface area contributed by atoms with Gasteiger partial charge >= 0.3 is 0 Å². The molecule has 0 spiro atoms. The number of fused-ring (bicyclic) bond motifs is 6. The number of benzene rings is 9. The molecule has 14 heteroatoms. The Morgan fingerprint density at radius 1 is 0.346 bits per heavy atom. The summed E-state index contributed by atoms with van der Waals surface area (Å²) in [5, 5.41) is 53.2. The van der Waals surface area contributed by atoms with Gasteiger partial charge in [-0.25, -0.2) is 0 Å². The Balaban J connectivity index is 1.34. The van der Waals surface area contributed by atoms with Crippen molar-refractivity contribution in [2.24, 2.45) is 51.0 Å². The van der Waals surface area contributed by atoms with Gasteiger partial charge in [-0.2, -0.15) is 0 Å². The molecule has 78 heavy (non-hydrogen) atoms. The van der Waals surface area contributed by atoms with Crippen LogP contribution >= 0.6 is 21.2 Å². The second-order valence-corrected chi connectivity index (χ2v) is 30.1.